The summed E-state index contributed by atoms with van der Waals surface area (Å²) in [4.78, 5) is 14.6. The number of benzene rings is 1. The lowest BCUT2D eigenvalue weighted by Gasteiger charge is -2.45. The molecule has 0 spiro atoms. The quantitative estimate of drug-likeness (QED) is 0.904. The molecule has 21 heavy (non-hydrogen) atoms. The Hall–Kier alpha value is -1.35. The first-order valence-corrected chi connectivity index (χ1v) is 8.10. The number of rotatable bonds is 2. The molecule has 1 saturated heterocycles. The van der Waals surface area contributed by atoms with Crippen LogP contribution in [0.5, 0.6) is 0 Å². The minimum atomic E-state index is 0.0421. The summed E-state index contributed by atoms with van der Waals surface area (Å²) in [6.07, 6.45) is 4.90. The molecule has 2 atom stereocenters. The van der Waals surface area contributed by atoms with Crippen LogP contribution in [-0.2, 0) is 4.79 Å². The number of nitrogens with zero attached hydrogens (tertiary/aromatic N) is 1. The largest absolute Gasteiger partial charge is 0.318 e. The zero-order valence-electron chi connectivity index (χ0n) is 13.4. The summed E-state index contributed by atoms with van der Waals surface area (Å²) < 4.78 is 0. The topological polar surface area (TPSA) is 32.3 Å². The summed E-state index contributed by atoms with van der Waals surface area (Å²) in [5, 5.41) is 3.40. The monoisotopic (exact) mass is 286 g/mol. The van der Waals surface area contributed by atoms with E-state index in [1.54, 1.807) is 0 Å². The van der Waals surface area contributed by atoms with E-state index in [0.29, 0.717) is 12.6 Å². The third kappa shape index (κ3) is 2.71. The van der Waals surface area contributed by atoms with Crippen molar-refractivity contribution in [2.45, 2.75) is 58.7 Å². The van der Waals surface area contributed by atoms with Gasteiger partial charge in [0.25, 0.3) is 0 Å². The molecular weight excluding hydrogens is 260 g/mol. The number of hydrogen-bond donors (Lipinski definition) is 1. The smallest absolute Gasteiger partial charge is 0.238 e. The molecule has 1 amide bonds. The normalized spacial score (nSPS) is 28.9. The zero-order chi connectivity index (χ0) is 15.0. The maximum absolute atomic E-state index is 12.5. The molecule has 0 radical (unpaired) electrons. The second kappa shape index (κ2) is 5.45. The highest BCUT2D eigenvalue weighted by Crippen LogP contribution is 2.42. The summed E-state index contributed by atoms with van der Waals surface area (Å²) in [6.45, 7) is 7.19. The van der Waals surface area contributed by atoms with Gasteiger partial charge in [-0.2, -0.15) is 0 Å². The van der Waals surface area contributed by atoms with Gasteiger partial charge in [-0.15, -0.1) is 0 Å². The van der Waals surface area contributed by atoms with E-state index in [4.69, 9.17) is 0 Å². The van der Waals surface area contributed by atoms with Crippen molar-refractivity contribution in [1.29, 1.82) is 0 Å². The first-order valence-electron chi connectivity index (χ1n) is 8.10. The van der Waals surface area contributed by atoms with Crippen LogP contribution >= 0.6 is 0 Å². The molecule has 2 unspecified atom stereocenters. The van der Waals surface area contributed by atoms with E-state index in [1.165, 1.54) is 30.4 Å². The van der Waals surface area contributed by atoms with Crippen LogP contribution < -0.4 is 5.32 Å². The molecule has 1 heterocycles. The average Bonchev–Trinajstić information content (AvgIpc) is 2.81. The lowest BCUT2D eigenvalue weighted by Crippen LogP contribution is -2.49. The van der Waals surface area contributed by atoms with Gasteiger partial charge in [-0.25, -0.2) is 0 Å². The van der Waals surface area contributed by atoms with Crippen molar-refractivity contribution in [3.63, 3.8) is 0 Å². The van der Waals surface area contributed by atoms with Gasteiger partial charge in [-0.3, -0.25) is 10.1 Å². The van der Waals surface area contributed by atoms with Gasteiger partial charge in [0.2, 0.25) is 5.91 Å². The van der Waals surface area contributed by atoms with Crippen LogP contribution in [0.25, 0.3) is 0 Å². The number of hydrogen-bond acceptors (Lipinski definition) is 2. The zero-order valence-corrected chi connectivity index (χ0v) is 13.4. The fourth-order valence-electron chi connectivity index (χ4n) is 3.89. The molecule has 1 saturated carbocycles. The maximum Gasteiger partial charge on any atom is 0.238 e. The predicted octanol–water partition coefficient (Wildman–Crippen LogP) is 3.39. The van der Waals surface area contributed by atoms with Gasteiger partial charge < -0.3 is 4.90 Å². The molecule has 1 aliphatic heterocycles. The number of aryl methyl sites for hydroxylation is 1. The molecule has 114 valence electrons. The van der Waals surface area contributed by atoms with Gasteiger partial charge >= 0.3 is 0 Å². The first kappa shape index (κ1) is 14.6. The highest BCUT2D eigenvalue weighted by Gasteiger charge is 2.44. The van der Waals surface area contributed by atoms with E-state index in [1.807, 2.05) is 0 Å². The minimum absolute atomic E-state index is 0.0421. The van der Waals surface area contributed by atoms with Crippen LogP contribution in [0.15, 0.2) is 24.3 Å². The third-order valence-electron chi connectivity index (χ3n) is 5.19. The van der Waals surface area contributed by atoms with Crippen LogP contribution in [0, 0.1) is 12.3 Å². The van der Waals surface area contributed by atoms with Gasteiger partial charge in [0.15, 0.2) is 0 Å². The Morgan fingerprint density at radius 3 is 2.57 bits per heavy atom. The Kier molecular flexibility index (Phi) is 3.78. The van der Waals surface area contributed by atoms with Crippen molar-refractivity contribution >= 4 is 5.91 Å². The number of amides is 1. The number of carbonyl (C=O) groups is 1. The summed E-state index contributed by atoms with van der Waals surface area (Å²) >= 11 is 0. The van der Waals surface area contributed by atoms with Crippen LogP contribution in [-0.4, -0.2) is 23.4 Å². The molecule has 1 aromatic rings. The van der Waals surface area contributed by atoms with Gasteiger partial charge in [-0.1, -0.05) is 56.5 Å². The Morgan fingerprint density at radius 1 is 1.19 bits per heavy atom. The van der Waals surface area contributed by atoms with Gasteiger partial charge in [0.05, 0.1) is 6.54 Å². The molecule has 1 N–H and O–H groups in total. The van der Waals surface area contributed by atoms with Crippen molar-refractivity contribution in [3.8, 4) is 0 Å². The van der Waals surface area contributed by atoms with E-state index < -0.39 is 0 Å². The fourth-order valence-corrected chi connectivity index (χ4v) is 3.89. The van der Waals surface area contributed by atoms with Gasteiger partial charge in [0, 0.05) is 6.04 Å². The molecule has 3 rings (SSSR count). The Morgan fingerprint density at radius 2 is 1.90 bits per heavy atom. The Labute approximate surface area is 127 Å². The SMILES string of the molecule is Cc1ccc(C2NCC(=O)N2C2CCCCC2(C)C)cc1. The molecule has 2 aliphatic rings. The van der Waals surface area contributed by atoms with Crippen LogP contribution in [0.3, 0.4) is 0 Å². The minimum Gasteiger partial charge on any atom is -0.318 e. The van der Waals surface area contributed by atoms with E-state index in [9.17, 15) is 4.79 Å². The Balaban J connectivity index is 1.90. The summed E-state index contributed by atoms with van der Waals surface area (Å²) in [5.74, 6) is 0.251. The lowest BCUT2D eigenvalue weighted by molar-refractivity contribution is -0.134. The van der Waals surface area contributed by atoms with Gasteiger partial charge in [0.1, 0.15) is 6.17 Å². The first-order chi connectivity index (χ1) is 9.99. The second-order valence-electron chi connectivity index (χ2n) is 7.25. The standard InChI is InChI=1S/C18H26N2O/c1-13-7-9-14(10-8-13)17-19-12-16(21)20(17)15-6-4-5-11-18(15,2)3/h7-10,15,17,19H,4-6,11-12H2,1-3H3. The number of nitrogens with one attached hydrogen (secondary N) is 1. The third-order valence-corrected chi connectivity index (χ3v) is 5.19. The highest BCUT2D eigenvalue weighted by atomic mass is 16.2. The lowest BCUT2D eigenvalue weighted by atomic mass is 9.72. The van der Waals surface area contributed by atoms with Crippen molar-refractivity contribution in [3.05, 3.63) is 35.4 Å². The predicted molar refractivity (Wildman–Crippen MR) is 84.8 cm³/mol. The van der Waals surface area contributed by atoms with Crippen LogP contribution in [0.1, 0.15) is 56.8 Å². The van der Waals surface area contributed by atoms with Crippen LogP contribution in [0.4, 0.5) is 0 Å². The van der Waals surface area contributed by atoms with Gasteiger partial charge in [-0.05, 0) is 30.7 Å². The van der Waals surface area contributed by atoms with Crippen LogP contribution in [0.2, 0.25) is 0 Å². The average molecular weight is 286 g/mol. The number of carbonyl (C=O) groups excluding carboxylic acids is 1. The van der Waals surface area contributed by atoms with E-state index >= 15 is 0 Å². The molecular formula is C18H26N2O. The molecule has 1 aliphatic carbocycles. The van der Waals surface area contributed by atoms with E-state index in [-0.39, 0.29) is 17.5 Å². The Bertz CT molecular complexity index is 521. The molecule has 0 aromatic heterocycles. The van der Waals surface area contributed by atoms with E-state index in [0.717, 1.165) is 6.42 Å². The van der Waals surface area contributed by atoms with E-state index in [2.05, 4.69) is 55.3 Å². The molecule has 2 fully saturated rings. The highest BCUT2D eigenvalue weighted by molar-refractivity contribution is 5.81. The molecule has 0 bridgehead atoms. The summed E-state index contributed by atoms with van der Waals surface area (Å²) in [7, 11) is 0. The van der Waals surface area contributed by atoms with Crippen molar-refractivity contribution in [2.24, 2.45) is 5.41 Å². The fraction of sp³-hybridized carbons (Fsp3) is 0.611. The summed E-state index contributed by atoms with van der Waals surface area (Å²) in [5.41, 5.74) is 2.67. The molecule has 3 heteroatoms. The maximum atomic E-state index is 12.5. The second-order valence-corrected chi connectivity index (χ2v) is 7.25. The molecule has 1 aromatic carbocycles. The van der Waals surface area contributed by atoms with Crippen molar-refractivity contribution in [2.75, 3.05) is 6.54 Å². The summed E-state index contributed by atoms with van der Waals surface area (Å²) in [6, 6.07) is 8.90. The van der Waals surface area contributed by atoms with Crippen molar-refractivity contribution in [1.82, 2.24) is 10.2 Å². The molecule has 3 nitrogen and oxygen atoms in total. The van der Waals surface area contributed by atoms with Crippen molar-refractivity contribution < 1.29 is 4.79 Å².